The highest BCUT2D eigenvalue weighted by atomic mass is 16.5. The molecule has 0 aliphatic carbocycles. The van der Waals surface area contributed by atoms with Crippen LogP contribution in [0.4, 0.5) is 0 Å². The summed E-state index contributed by atoms with van der Waals surface area (Å²) in [6.45, 7) is 15.5. The van der Waals surface area contributed by atoms with Crippen LogP contribution >= 0.6 is 0 Å². The molecule has 2 aromatic rings. The van der Waals surface area contributed by atoms with Gasteiger partial charge in [-0.05, 0) is 47.9 Å². The van der Waals surface area contributed by atoms with Crippen LogP contribution < -0.4 is 9.47 Å². The second-order valence-corrected chi connectivity index (χ2v) is 9.45. The van der Waals surface area contributed by atoms with Crippen LogP contribution in [0, 0.1) is 6.92 Å². The Hall–Kier alpha value is -2.29. The monoisotopic (exact) mass is 382 g/mol. The molecule has 0 bridgehead atoms. The van der Waals surface area contributed by atoms with Gasteiger partial charge in [-0.1, -0.05) is 71.4 Å². The van der Waals surface area contributed by atoms with Crippen LogP contribution in [0.2, 0.25) is 0 Å². The Morgan fingerprint density at radius 2 is 1.54 bits per heavy atom. The summed E-state index contributed by atoms with van der Waals surface area (Å²) in [6.07, 6.45) is 0.952. The van der Waals surface area contributed by atoms with Gasteiger partial charge < -0.3 is 9.47 Å². The van der Waals surface area contributed by atoms with Crippen molar-refractivity contribution in [2.24, 2.45) is 0 Å². The van der Waals surface area contributed by atoms with Gasteiger partial charge in [-0.3, -0.25) is 4.79 Å². The number of rotatable bonds is 6. The van der Waals surface area contributed by atoms with Gasteiger partial charge in [-0.15, -0.1) is 0 Å². The number of aryl methyl sites for hydroxylation is 1. The number of esters is 1. The van der Waals surface area contributed by atoms with E-state index in [1.165, 1.54) is 5.56 Å². The number of carbonyl (C=O) groups is 1. The summed E-state index contributed by atoms with van der Waals surface area (Å²) in [7, 11) is 0. The lowest BCUT2D eigenvalue weighted by Gasteiger charge is -2.22. The molecule has 0 unspecified atom stereocenters. The molecule has 0 aromatic heterocycles. The molecule has 2 aromatic carbocycles. The summed E-state index contributed by atoms with van der Waals surface area (Å²) < 4.78 is 11.4. The molecule has 0 radical (unpaired) electrons. The Labute approximate surface area is 170 Å². The molecule has 0 atom stereocenters. The molecule has 0 saturated heterocycles. The van der Waals surface area contributed by atoms with E-state index in [1.54, 1.807) is 0 Å². The Bertz CT molecular complexity index is 790. The smallest absolute Gasteiger partial charge is 0.311 e. The third-order valence-corrected chi connectivity index (χ3v) is 4.68. The first kappa shape index (κ1) is 22.0. The van der Waals surface area contributed by atoms with E-state index in [0.717, 1.165) is 16.9 Å². The molecule has 28 heavy (non-hydrogen) atoms. The lowest BCUT2D eigenvalue weighted by Crippen LogP contribution is -2.17. The van der Waals surface area contributed by atoms with Gasteiger partial charge in [-0.25, -0.2) is 0 Å². The number of carbonyl (C=O) groups excluding carboxylic acids is 1. The molecule has 0 spiro atoms. The first-order valence-electron chi connectivity index (χ1n) is 10.0. The predicted octanol–water partition coefficient (Wildman–Crippen LogP) is 6.35. The lowest BCUT2D eigenvalue weighted by atomic mass is 9.85. The van der Waals surface area contributed by atoms with Crippen molar-refractivity contribution in [3.63, 3.8) is 0 Å². The third-order valence-electron chi connectivity index (χ3n) is 4.68. The van der Waals surface area contributed by atoms with Crippen molar-refractivity contribution in [3.05, 3.63) is 59.2 Å². The molecule has 3 heteroatoms. The zero-order valence-corrected chi connectivity index (χ0v) is 18.4. The van der Waals surface area contributed by atoms with Crippen LogP contribution in [0.1, 0.15) is 71.1 Å². The molecule has 0 aliphatic heterocycles. The fourth-order valence-corrected chi connectivity index (χ4v) is 2.95. The maximum absolute atomic E-state index is 12.3. The second-order valence-electron chi connectivity index (χ2n) is 9.45. The van der Waals surface area contributed by atoms with E-state index in [-0.39, 0.29) is 16.8 Å². The molecule has 0 fully saturated rings. The highest BCUT2D eigenvalue weighted by Crippen LogP contribution is 2.32. The zero-order chi connectivity index (χ0) is 20.9. The van der Waals surface area contributed by atoms with E-state index in [0.29, 0.717) is 25.2 Å². The normalized spacial score (nSPS) is 12.0. The van der Waals surface area contributed by atoms with Crippen molar-refractivity contribution in [1.82, 2.24) is 0 Å². The van der Waals surface area contributed by atoms with Crippen molar-refractivity contribution in [3.8, 4) is 11.5 Å². The van der Waals surface area contributed by atoms with Gasteiger partial charge in [0.15, 0.2) is 0 Å². The molecular formula is C25H34O3. The maximum Gasteiger partial charge on any atom is 0.311 e. The molecule has 3 nitrogen and oxygen atoms in total. The number of benzene rings is 2. The van der Waals surface area contributed by atoms with Gasteiger partial charge in [0.25, 0.3) is 0 Å². The topological polar surface area (TPSA) is 35.5 Å². The summed E-state index contributed by atoms with van der Waals surface area (Å²) in [5, 5.41) is 0. The van der Waals surface area contributed by atoms with Crippen LogP contribution in [0.3, 0.4) is 0 Å². The van der Waals surface area contributed by atoms with Crippen molar-refractivity contribution in [2.45, 2.75) is 72.1 Å². The number of hydrogen-bond acceptors (Lipinski definition) is 3. The van der Waals surface area contributed by atoms with E-state index >= 15 is 0 Å². The average molecular weight is 383 g/mol. The minimum absolute atomic E-state index is 0.0794. The Kier molecular flexibility index (Phi) is 6.92. The highest BCUT2D eigenvalue weighted by Gasteiger charge is 2.20. The lowest BCUT2D eigenvalue weighted by molar-refractivity contribution is -0.134. The van der Waals surface area contributed by atoms with Gasteiger partial charge in [0.1, 0.15) is 11.5 Å². The van der Waals surface area contributed by atoms with E-state index in [9.17, 15) is 4.79 Å². The second kappa shape index (κ2) is 8.81. The number of hydrogen-bond donors (Lipinski definition) is 0. The first-order chi connectivity index (χ1) is 13.0. The molecule has 0 aliphatic rings. The molecule has 0 amide bonds. The SMILES string of the molecule is Cc1ccc(OC(=O)CCCOc2ccc(C(C)(C)C)cc2)c(C(C)(C)C)c1. The van der Waals surface area contributed by atoms with Gasteiger partial charge >= 0.3 is 5.97 Å². The van der Waals surface area contributed by atoms with E-state index in [4.69, 9.17) is 9.47 Å². The largest absolute Gasteiger partial charge is 0.494 e. The standard InChI is InChI=1S/C25H34O3/c1-18-10-15-22(21(17-18)25(5,6)7)28-23(26)9-8-16-27-20-13-11-19(12-14-20)24(2,3)4/h10-15,17H,8-9,16H2,1-7H3. The van der Waals surface area contributed by atoms with Gasteiger partial charge in [0.2, 0.25) is 0 Å². The summed E-state index contributed by atoms with van der Waals surface area (Å²) >= 11 is 0. The van der Waals surface area contributed by atoms with Crippen LogP contribution in [-0.4, -0.2) is 12.6 Å². The predicted molar refractivity (Wildman–Crippen MR) is 115 cm³/mol. The molecule has 0 N–H and O–H groups in total. The van der Waals surface area contributed by atoms with Gasteiger partial charge in [-0.2, -0.15) is 0 Å². The molecule has 152 valence electrons. The summed E-state index contributed by atoms with van der Waals surface area (Å²) in [5.41, 5.74) is 3.54. The van der Waals surface area contributed by atoms with Crippen molar-refractivity contribution in [2.75, 3.05) is 6.61 Å². The van der Waals surface area contributed by atoms with Crippen molar-refractivity contribution in [1.29, 1.82) is 0 Å². The van der Waals surface area contributed by atoms with E-state index in [2.05, 4.69) is 59.7 Å². The Morgan fingerprint density at radius 3 is 2.11 bits per heavy atom. The summed E-state index contributed by atoms with van der Waals surface area (Å²) in [5.74, 6) is 1.26. The first-order valence-corrected chi connectivity index (χ1v) is 10.0. The molecule has 2 rings (SSSR count). The third kappa shape index (κ3) is 6.40. The minimum atomic E-state index is -0.221. The van der Waals surface area contributed by atoms with Crippen molar-refractivity contribution < 1.29 is 14.3 Å². The highest BCUT2D eigenvalue weighted by molar-refractivity contribution is 5.73. The Balaban J connectivity index is 1.84. The van der Waals surface area contributed by atoms with Crippen LogP contribution in [0.25, 0.3) is 0 Å². The fourth-order valence-electron chi connectivity index (χ4n) is 2.95. The Morgan fingerprint density at radius 1 is 0.893 bits per heavy atom. The van der Waals surface area contributed by atoms with E-state index in [1.807, 2.05) is 31.2 Å². The van der Waals surface area contributed by atoms with Crippen molar-refractivity contribution >= 4 is 5.97 Å². The quantitative estimate of drug-likeness (QED) is 0.331. The maximum atomic E-state index is 12.3. The summed E-state index contributed by atoms with van der Waals surface area (Å²) in [4.78, 5) is 12.3. The minimum Gasteiger partial charge on any atom is -0.494 e. The van der Waals surface area contributed by atoms with Crippen LogP contribution in [0.15, 0.2) is 42.5 Å². The molecular weight excluding hydrogens is 348 g/mol. The molecule has 0 saturated carbocycles. The van der Waals surface area contributed by atoms with Crippen LogP contribution in [0.5, 0.6) is 11.5 Å². The average Bonchev–Trinajstić information content (AvgIpc) is 2.59. The van der Waals surface area contributed by atoms with Gasteiger partial charge in [0, 0.05) is 12.0 Å². The van der Waals surface area contributed by atoms with Crippen LogP contribution in [-0.2, 0) is 15.6 Å². The molecule has 0 heterocycles. The number of ether oxygens (including phenoxy) is 2. The fraction of sp³-hybridized carbons (Fsp3) is 0.480. The van der Waals surface area contributed by atoms with E-state index < -0.39 is 0 Å². The summed E-state index contributed by atoms with van der Waals surface area (Å²) in [6, 6.07) is 14.1. The zero-order valence-electron chi connectivity index (χ0n) is 18.4. The van der Waals surface area contributed by atoms with Gasteiger partial charge in [0.05, 0.1) is 6.61 Å².